The number of aliphatic hydroxyl groups is 1. The van der Waals surface area contributed by atoms with Crippen molar-refractivity contribution < 1.29 is 24.1 Å². The normalized spacial score (nSPS) is 12.2. The Morgan fingerprint density at radius 2 is 2.28 bits per heavy atom. The van der Waals surface area contributed by atoms with Crippen LogP contribution in [0.15, 0.2) is 18.2 Å². The van der Waals surface area contributed by atoms with Gasteiger partial charge >= 0.3 is 5.97 Å². The number of rotatable bonds is 7. The number of aliphatic hydroxyl groups excluding tert-OH is 1. The van der Waals surface area contributed by atoms with Crippen LogP contribution in [0, 0.1) is 5.82 Å². The number of hydrogen-bond acceptors (Lipinski definition) is 4. The SMILES string of the molecule is COCC(CCO)Nc1ccc(C(=O)O)cc1F. The minimum Gasteiger partial charge on any atom is -0.478 e. The van der Waals surface area contributed by atoms with Crippen LogP contribution in [-0.2, 0) is 4.74 Å². The van der Waals surface area contributed by atoms with Crippen molar-refractivity contribution in [2.24, 2.45) is 0 Å². The molecule has 0 saturated carbocycles. The predicted molar refractivity (Wildman–Crippen MR) is 64.3 cm³/mol. The summed E-state index contributed by atoms with van der Waals surface area (Å²) in [5, 5.41) is 20.4. The van der Waals surface area contributed by atoms with Crippen LogP contribution < -0.4 is 5.32 Å². The Morgan fingerprint density at radius 3 is 2.78 bits per heavy atom. The molecule has 3 N–H and O–H groups in total. The smallest absolute Gasteiger partial charge is 0.335 e. The molecule has 5 nitrogen and oxygen atoms in total. The van der Waals surface area contributed by atoms with Crippen LogP contribution in [-0.4, -0.2) is 42.5 Å². The lowest BCUT2D eigenvalue weighted by Gasteiger charge is -2.18. The molecule has 0 aromatic heterocycles. The van der Waals surface area contributed by atoms with Gasteiger partial charge in [-0.15, -0.1) is 0 Å². The molecule has 18 heavy (non-hydrogen) atoms. The second-order valence-electron chi connectivity index (χ2n) is 3.81. The monoisotopic (exact) mass is 257 g/mol. The van der Waals surface area contributed by atoms with Crippen molar-refractivity contribution in [3.63, 3.8) is 0 Å². The van der Waals surface area contributed by atoms with E-state index < -0.39 is 11.8 Å². The summed E-state index contributed by atoms with van der Waals surface area (Å²) in [6.07, 6.45) is 0.411. The quantitative estimate of drug-likeness (QED) is 0.687. The van der Waals surface area contributed by atoms with Crippen LogP contribution in [0.4, 0.5) is 10.1 Å². The fraction of sp³-hybridized carbons (Fsp3) is 0.417. The maximum atomic E-state index is 13.6. The summed E-state index contributed by atoms with van der Waals surface area (Å²) in [6, 6.07) is 3.40. The average molecular weight is 257 g/mol. The van der Waals surface area contributed by atoms with E-state index >= 15 is 0 Å². The molecule has 0 fully saturated rings. The van der Waals surface area contributed by atoms with E-state index in [0.717, 1.165) is 6.07 Å². The van der Waals surface area contributed by atoms with Crippen LogP contribution >= 0.6 is 0 Å². The van der Waals surface area contributed by atoms with Crippen molar-refractivity contribution in [3.8, 4) is 0 Å². The first-order valence-corrected chi connectivity index (χ1v) is 5.47. The molecule has 6 heteroatoms. The Morgan fingerprint density at radius 1 is 1.56 bits per heavy atom. The topological polar surface area (TPSA) is 78.8 Å². The Bertz CT molecular complexity index is 405. The van der Waals surface area contributed by atoms with E-state index in [9.17, 15) is 9.18 Å². The Hall–Kier alpha value is -1.66. The number of carboxylic acids is 1. The number of nitrogens with one attached hydrogen (secondary N) is 1. The highest BCUT2D eigenvalue weighted by molar-refractivity contribution is 5.88. The second kappa shape index (κ2) is 6.93. The summed E-state index contributed by atoms with van der Waals surface area (Å²) in [5.74, 6) is -1.82. The number of aromatic carboxylic acids is 1. The third-order valence-electron chi connectivity index (χ3n) is 2.42. The molecule has 0 bridgehead atoms. The largest absolute Gasteiger partial charge is 0.478 e. The first-order valence-electron chi connectivity index (χ1n) is 5.47. The van der Waals surface area contributed by atoms with Crippen molar-refractivity contribution >= 4 is 11.7 Å². The first kappa shape index (κ1) is 14.4. The van der Waals surface area contributed by atoms with Crippen molar-refractivity contribution in [1.82, 2.24) is 0 Å². The highest BCUT2D eigenvalue weighted by Gasteiger charge is 2.12. The van der Waals surface area contributed by atoms with Gasteiger partial charge in [0.05, 0.1) is 23.9 Å². The lowest BCUT2D eigenvalue weighted by molar-refractivity contribution is 0.0696. The van der Waals surface area contributed by atoms with Gasteiger partial charge in [-0.3, -0.25) is 0 Å². The van der Waals surface area contributed by atoms with Crippen LogP contribution in [0.1, 0.15) is 16.8 Å². The first-order chi connectivity index (χ1) is 8.58. The van der Waals surface area contributed by atoms with Crippen LogP contribution in [0.5, 0.6) is 0 Å². The van der Waals surface area contributed by atoms with Gasteiger partial charge < -0.3 is 20.3 Å². The number of carboxylic acid groups (broad SMARTS) is 1. The minimum atomic E-state index is -1.18. The maximum Gasteiger partial charge on any atom is 0.335 e. The summed E-state index contributed by atoms with van der Waals surface area (Å²) in [5.41, 5.74) is 0.0824. The summed E-state index contributed by atoms with van der Waals surface area (Å²) in [4.78, 5) is 10.7. The van der Waals surface area contributed by atoms with E-state index in [-0.39, 0.29) is 23.9 Å². The molecule has 1 unspecified atom stereocenters. The van der Waals surface area contributed by atoms with Gasteiger partial charge in [0, 0.05) is 13.7 Å². The second-order valence-corrected chi connectivity index (χ2v) is 3.81. The molecule has 0 aliphatic rings. The van der Waals surface area contributed by atoms with Crippen molar-refractivity contribution in [1.29, 1.82) is 0 Å². The lowest BCUT2D eigenvalue weighted by Crippen LogP contribution is -2.26. The van der Waals surface area contributed by atoms with E-state index in [1.165, 1.54) is 19.2 Å². The summed E-state index contributed by atoms with van der Waals surface area (Å²) in [6.45, 7) is 0.274. The Labute approximate surface area is 104 Å². The van der Waals surface area contributed by atoms with E-state index in [1.54, 1.807) is 0 Å². The zero-order valence-corrected chi connectivity index (χ0v) is 10.0. The van der Waals surface area contributed by atoms with Gasteiger partial charge in [0.25, 0.3) is 0 Å². The molecule has 0 aliphatic heterocycles. The van der Waals surface area contributed by atoms with E-state index in [1.807, 2.05) is 0 Å². The highest BCUT2D eigenvalue weighted by atomic mass is 19.1. The van der Waals surface area contributed by atoms with Gasteiger partial charge in [-0.1, -0.05) is 0 Å². The van der Waals surface area contributed by atoms with Gasteiger partial charge in [0.15, 0.2) is 0 Å². The van der Waals surface area contributed by atoms with Crippen LogP contribution in [0.25, 0.3) is 0 Å². The predicted octanol–water partition coefficient (Wildman–Crippen LogP) is 1.33. The molecule has 1 aromatic rings. The number of ether oxygens (including phenoxy) is 1. The van der Waals surface area contributed by atoms with E-state index in [2.05, 4.69) is 5.32 Å². The average Bonchev–Trinajstić information content (AvgIpc) is 2.32. The molecule has 0 radical (unpaired) electrons. The Balaban J connectivity index is 2.79. The molecule has 0 amide bonds. The Kier molecular flexibility index (Phi) is 5.54. The summed E-state index contributed by atoms with van der Waals surface area (Å²) in [7, 11) is 1.51. The molecule has 0 spiro atoms. The van der Waals surface area contributed by atoms with E-state index in [4.69, 9.17) is 14.9 Å². The third kappa shape index (κ3) is 3.97. The molecule has 100 valence electrons. The number of carbonyl (C=O) groups is 1. The van der Waals surface area contributed by atoms with Gasteiger partial charge in [-0.05, 0) is 24.6 Å². The fourth-order valence-corrected chi connectivity index (χ4v) is 1.54. The van der Waals surface area contributed by atoms with Crippen molar-refractivity contribution in [2.75, 3.05) is 25.6 Å². The molecule has 0 heterocycles. The molecule has 1 aromatic carbocycles. The zero-order chi connectivity index (χ0) is 13.5. The molecule has 1 atom stereocenters. The van der Waals surface area contributed by atoms with Crippen LogP contribution in [0.3, 0.4) is 0 Å². The van der Waals surface area contributed by atoms with Crippen molar-refractivity contribution in [2.45, 2.75) is 12.5 Å². The highest BCUT2D eigenvalue weighted by Crippen LogP contribution is 2.17. The standard InChI is InChI=1S/C12H16FNO4/c1-18-7-9(4-5-15)14-11-3-2-8(12(16)17)6-10(11)13/h2-3,6,9,14-15H,4-5,7H2,1H3,(H,16,17). The lowest BCUT2D eigenvalue weighted by atomic mass is 10.1. The van der Waals surface area contributed by atoms with Gasteiger partial charge in [0.1, 0.15) is 5.82 Å². The number of methoxy groups -OCH3 is 1. The number of benzene rings is 1. The van der Waals surface area contributed by atoms with Gasteiger partial charge in [-0.2, -0.15) is 0 Å². The summed E-state index contributed by atoms with van der Waals surface area (Å²) < 4.78 is 18.6. The number of halogens is 1. The summed E-state index contributed by atoms with van der Waals surface area (Å²) >= 11 is 0. The maximum absolute atomic E-state index is 13.6. The van der Waals surface area contributed by atoms with Crippen molar-refractivity contribution in [3.05, 3.63) is 29.6 Å². The molecular formula is C12H16FNO4. The third-order valence-corrected chi connectivity index (χ3v) is 2.42. The molecular weight excluding hydrogens is 241 g/mol. The van der Waals surface area contributed by atoms with E-state index in [0.29, 0.717) is 13.0 Å². The van der Waals surface area contributed by atoms with Crippen LogP contribution in [0.2, 0.25) is 0 Å². The molecule has 0 saturated heterocycles. The van der Waals surface area contributed by atoms with Gasteiger partial charge in [0.2, 0.25) is 0 Å². The minimum absolute atomic E-state index is 0.0458. The number of anilines is 1. The molecule has 0 aliphatic carbocycles. The fourth-order valence-electron chi connectivity index (χ4n) is 1.54. The molecule has 1 rings (SSSR count). The number of hydrogen-bond donors (Lipinski definition) is 3. The zero-order valence-electron chi connectivity index (χ0n) is 10.0. The van der Waals surface area contributed by atoms with Gasteiger partial charge in [-0.25, -0.2) is 9.18 Å².